The van der Waals surface area contributed by atoms with E-state index in [4.69, 9.17) is 28.3 Å². The lowest BCUT2D eigenvalue weighted by molar-refractivity contribution is 0.213. The van der Waals surface area contributed by atoms with E-state index in [0.29, 0.717) is 10.8 Å². The number of aliphatic hydroxyl groups is 1. The second kappa shape index (κ2) is 6.07. The van der Waals surface area contributed by atoms with Crippen LogP contribution in [0, 0.1) is 5.41 Å². The van der Waals surface area contributed by atoms with Gasteiger partial charge in [-0.1, -0.05) is 37.0 Å². The second-order valence-electron chi connectivity index (χ2n) is 4.65. The normalized spacial score (nSPS) is 12.9. The molecule has 8 heteroatoms. The fraction of sp³-hybridized carbons (Fsp3) is 0.600. The molecule has 0 fully saturated rings. The van der Waals surface area contributed by atoms with Crippen molar-refractivity contribution in [3.8, 4) is 0 Å². The first-order valence-corrected chi connectivity index (χ1v) is 8.29. The summed E-state index contributed by atoms with van der Waals surface area (Å²) < 4.78 is 27.0. The maximum Gasteiger partial charge on any atom is 0.242 e. The zero-order valence-corrected chi connectivity index (χ0v) is 13.2. The van der Waals surface area contributed by atoms with Gasteiger partial charge in [0.25, 0.3) is 0 Å². The van der Waals surface area contributed by atoms with Crippen LogP contribution < -0.4 is 4.72 Å². The minimum Gasteiger partial charge on any atom is -0.396 e. The van der Waals surface area contributed by atoms with Crippen molar-refractivity contribution >= 4 is 44.6 Å². The topological polar surface area (TPSA) is 66.4 Å². The Kier molecular flexibility index (Phi) is 5.46. The molecule has 2 N–H and O–H groups in total. The number of sulfonamides is 1. The van der Waals surface area contributed by atoms with Gasteiger partial charge in [-0.25, -0.2) is 13.1 Å². The molecule has 0 atom stereocenters. The van der Waals surface area contributed by atoms with Gasteiger partial charge in [-0.05, 0) is 17.9 Å². The minimum absolute atomic E-state index is 0.000958. The van der Waals surface area contributed by atoms with Gasteiger partial charge >= 0.3 is 0 Å². The SMILES string of the molecule is CC(C)(CCO)CNS(=O)(=O)c1cc(Cl)sc1Cl. The van der Waals surface area contributed by atoms with Crippen molar-refractivity contribution in [3.05, 3.63) is 14.7 Å². The Hall–Kier alpha value is 0.150. The van der Waals surface area contributed by atoms with E-state index in [9.17, 15) is 8.42 Å². The highest BCUT2D eigenvalue weighted by Crippen LogP contribution is 2.34. The number of rotatable bonds is 6. The smallest absolute Gasteiger partial charge is 0.242 e. The van der Waals surface area contributed by atoms with Crippen LogP contribution in [0.2, 0.25) is 8.67 Å². The molecule has 18 heavy (non-hydrogen) atoms. The molecule has 0 aromatic carbocycles. The Morgan fingerprint density at radius 2 is 2.06 bits per heavy atom. The molecule has 1 aromatic heterocycles. The van der Waals surface area contributed by atoms with E-state index in [2.05, 4.69) is 4.72 Å². The molecule has 0 amide bonds. The van der Waals surface area contributed by atoms with Gasteiger partial charge in [0, 0.05) is 13.2 Å². The Balaban J connectivity index is 2.81. The molecule has 4 nitrogen and oxygen atoms in total. The maximum absolute atomic E-state index is 12.0. The Morgan fingerprint density at radius 3 is 2.50 bits per heavy atom. The Bertz CT molecular complexity index is 511. The summed E-state index contributed by atoms with van der Waals surface area (Å²) in [6, 6.07) is 1.33. The Labute approximate surface area is 121 Å². The van der Waals surface area contributed by atoms with Crippen molar-refractivity contribution < 1.29 is 13.5 Å². The second-order valence-corrected chi connectivity index (χ2v) is 8.67. The van der Waals surface area contributed by atoms with E-state index in [0.717, 1.165) is 11.3 Å². The summed E-state index contributed by atoms with van der Waals surface area (Å²) in [5.41, 5.74) is -0.325. The number of halogens is 2. The van der Waals surface area contributed by atoms with Crippen LogP contribution >= 0.6 is 34.5 Å². The third-order valence-corrected chi connectivity index (χ3v) is 5.60. The van der Waals surface area contributed by atoms with Crippen molar-refractivity contribution in [2.45, 2.75) is 25.2 Å². The first kappa shape index (κ1) is 16.2. The lowest BCUT2D eigenvalue weighted by Crippen LogP contribution is -2.34. The molecule has 0 radical (unpaired) electrons. The summed E-state index contributed by atoms with van der Waals surface area (Å²) in [6.07, 6.45) is 0.508. The van der Waals surface area contributed by atoms with Crippen LogP contribution in [0.1, 0.15) is 20.3 Å². The molecule has 0 saturated heterocycles. The molecule has 1 heterocycles. The van der Waals surface area contributed by atoms with Crippen molar-refractivity contribution in [3.63, 3.8) is 0 Å². The predicted octanol–water partition coefficient (Wildman–Crippen LogP) is 2.74. The van der Waals surface area contributed by atoms with Gasteiger partial charge in [-0.15, -0.1) is 11.3 Å². The molecule has 0 spiro atoms. The summed E-state index contributed by atoms with van der Waals surface area (Å²) in [5, 5.41) is 8.88. The number of nitrogens with one attached hydrogen (secondary N) is 1. The number of hydrogen-bond acceptors (Lipinski definition) is 4. The Morgan fingerprint density at radius 1 is 1.44 bits per heavy atom. The number of thiophene rings is 1. The third-order valence-electron chi connectivity index (χ3n) is 2.44. The molecule has 1 rings (SSSR count). The standard InChI is InChI=1S/C10H15Cl2NO3S2/c1-10(2,3-4-14)6-13-18(15,16)7-5-8(11)17-9(7)12/h5,13-14H,3-4,6H2,1-2H3. The molecule has 0 unspecified atom stereocenters. The van der Waals surface area contributed by atoms with Crippen molar-refractivity contribution in [2.24, 2.45) is 5.41 Å². The fourth-order valence-corrected chi connectivity index (χ4v) is 4.66. The van der Waals surface area contributed by atoms with Crippen LogP contribution in [0.15, 0.2) is 11.0 Å². The van der Waals surface area contributed by atoms with E-state index < -0.39 is 10.0 Å². The third kappa shape index (κ3) is 4.36. The quantitative estimate of drug-likeness (QED) is 0.842. The number of hydrogen-bond donors (Lipinski definition) is 2. The predicted molar refractivity (Wildman–Crippen MR) is 75.0 cm³/mol. The zero-order valence-electron chi connectivity index (χ0n) is 10.0. The van der Waals surface area contributed by atoms with Gasteiger partial charge < -0.3 is 5.11 Å². The molecular formula is C10H15Cl2NO3S2. The highest BCUT2D eigenvalue weighted by atomic mass is 35.5. The molecule has 0 bridgehead atoms. The summed E-state index contributed by atoms with van der Waals surface area (Å²) >= 11 is 12.5. The van der Waals surface area contributed by atoms with Gasteiger partial charge in [0.15, 0.2) is 0 Å². The van der Waals surface area contributed by atoms with E-state index in [1.807, 2.05) is 13.8 Å². The number of aliphatic hydroxyl groups excluding tert-OH is 1. The molecule has 0 aliphatic heterocycles. The molecule has 1 aromatic rings. The van der Waals surface area contributed by atoms with Gasteiger partial charge in [-0.2, -0.15) is 0 Å². The fourth-order valence-electron chi connectivity index (χ4n) is 1.27. The largest absolute Gasteiger partial charge is 0.396 e. The van der Waals surface area contributed by atoms with Gasteiger partial charge in [0.2, 0.25) is 10.0 Å². The van der Waals surface area contributed by atoms with Crippen LogP contribution in [0.5, 0.6) is 0 Å². The zero-order chi connectivity index (χ0) is 14.0. The van der Waals surface area contributed by atoms with Crippen LogP contribution in [-0.2, 0) is 10.0 Å². The van der Waals surface area contributed by atoms with Crippen LogP contribution in [0.3, 0.4) is 0 Å². The van der Waals surface area contributed by atoms with Gasteiger partial charge in [0.05, 0.1) is 4.34 Å². The van der Waals surface area contributed by atoms with Gasteiger partial charge in [-0.3, -0.25) is 0 Å². The summed E-state index contributed by atoms with van der Waals surface area (Å²) in [4.78, 5) is -0.000958. The van der Waals surface area contributed by atoms with Crippen molar-refractivity contribution in [1.29, 1.82) is 0 Å². The monoisotopic (exact) mass is 331 g/mol. The average molecular weight is 332 g/mol. The lowest BCUT2D eigenvalue weighted by Gasteiger charge is -2.23. The molecule has 0 saturated carbocycles. The van der Waals surface area contributed by atoms with E-state index in [-0.39, 0.29) is 27.8 Å². The molecule has 0 aliphatic carbocycles. The van der Waals surface area contributed by atoms with Crippen molar-refractivity contribution in [2.75, 3.05) is 13.2 Å². The first-order chi connectivity index (χ1) is 8.18. The van der Waals surface area contributed by atoms with E-state index in [1.54, 1.807) is 0 Å². The lowest BCUT2D eigenvalue weighted by atomic mass is 9.90. The maximum atomic E-state index is 12.0. The minimum atomic E-state index is -3.66. The van der Waals surface area contributed by atoms with Crippen LogP contribution in [0.4, 0.5) is 0 Å². The summed E-state index contributed by atoms with van der Waals surface area (Å²) in [6.45, 7) is 3.97. The molecule has 104 valence electrons. The van der Waals surface area contributed by atoms with E-state index >= 15 is 0 Å². The van der Waals surface area contributed by atoms with Crippen LogP contribution in [-0.4, -0.2) is 26.7 Å². The van der Waals surface area contributed by atoms with Crippen LogP contribution in [0.25, 0.3) is 0 Å². The average Bonchev–Trinajstić information content (AvgIpc) is 2.56. The highest BCUT2D eigenvalue weighted by molar-refractivity contribution is 7.89. The van der Waals surface area contributed by atoms with E-state index in [1.165, 1.54) is 6.07 Å². The highest BCUT2D eigenvalue weighted by Gasteiger charge is 2.25. The molecule has 0 aliphatic rings. The first-order valence-electron chi connectivity index (χ1n) is 5.23. The molecular weight excluding hydrogens is 317 g/mol. The summed E-state index contributed by atoms with van der Waals surface area (Å²) in [5.74, 6) is 0. The summed E-state index contributed by atoms with van der Waals surface area (Å²) in [7, 11) is -3.66. The van der Waals surface area contributed by atoms with Gasteiger partial charge in [0.1, 0.15) is 9.23 Å². The van der Waals surface area contributed by atoms with Crippen molar-refractivity contribution in [1.82, 2.24) is 4.72 Å².